The van der Waals surface area contributed by atoms with Crippen LogP contribution in [0, 0.1) is 29.6 Å². The SMILES string of the molecule is CCCC(CC(CC)CC)CC1C(C)C(I)C1CC. The minimum absolute atomic E-state index is 0.947. The van der Waals surface area contributed by atoms with Crippen molar-refractivity contribution in [2.24, 2.45) is 29.6 Å². The Balaban J connectivity index is 2.53. The molecule has 0 N–H and O–H groups in total. The van der Waals surface area contributed by atoms with E-state index >= 15 is 0 Å². The van der Waals surface area contributed by atoms with Gasteiger partial charge in [0.1, 0.15) is 0 Å². The lowest BCUT2D eigenvalue weighted by atomic mass is 9.61. The predicted molar refractivity (Wildman–Crippen MR) is 95.9 cm³/mol. The smallest absolute Gasteiger partial charge is 0.0169 e. The van der Waals surface area contributed by atoms with Crippen molar-refractivity contribution in [3.63, 3.8) is 0 Å². The van der Waals surface area contributed by atoms with Gasteiger partial charge in [0.25, 0.3) is 0 Å². The molecule has 1 saturated carbocycles. The van der Waals surface area contributed by atoms with Crippen LogP contribution in [0.3, 0.4) is 0 Å². The Hall–Kier alpha value is 0.730. The van der Waals surface area contributed by atoms with Crippen LogP contribution in [0.15, 0.2) is 0 Å². The van der Waals surface area contributed by atoms with E-state index in [1.54, 1.807) is 0 Å². The molecular weight excluding hydrogens is 343 g/mol. The van der Waals surface area contributed by atoms with Crippen LogP contribution in [-0.4, -0.2) is 3.92 Å². The molecule has 5 atom stereocenters. The molecule has 1 aliphatic carbocycles. The van der Waals surface area contributed by atoms with E-state index in [4.69, 9.17) is 0 Å². The van der Waals surface area contributed by atoms with E-state index in [9.17, 15) is 0 Å². The lowest BCUT2D eigenvalue weighted by Crippen LogP contribution is -2.46. The number of rotatable bonds is 9. The fraction of sp³-hybridized carbons (Fsp3) is 1.00. The molecule has 0 aromatic carbocycles. The molecule has 0 radical (unpaired) electrons. The highest BCUT2D eigenvalue weighted by Crippen LogP contribution is 2.51. The van der Waals surface area contributed by atoms with Gasteiger partial charge in [0.2, 0.25) is 0 Å². The van der Waals surface area contributed by atoms with Crippen molar-refractivity contribution in [2.75, 3.05) is 0 Å². The number of halogens is 1. The summed E-state index contributed by atoms with van der Waals surface area (Å²) in [6.45, 7) is 12.0. The molecule has 0 bridgehead atoms. The van der Waals surface area contributed by atoms with Gasteiger partial charge in [-0.15, -0.1) is 0 Å². The maximum atomic E-state index is 2.70. The third-order valence-electron chi connectivity index (χ3n) is 5.73. The van der Waals surface area contributed by atoms with Gasteiger partial charge in [0.15, 0.2) is 0 Å². The van der Waals surface area contributed by atoms with Gasteiger partial charge in [-0.2, -0.15) is 0 Å². The Morgan fingerprint density at radius 1 is 0.947 bits per heavy atom. The number of hydrogen-bond acceptors (Lipinski definition) is 0. The van der Waals surface area contributed by atoms with Gasteiger partial charge < -0.3 is 0 Å². The first-order chi connectivity index (χ1) is 9.08. The molecule has 0 amide bonds. The molecule has 0 spiro atoms. The molecule has 0 saturated heterocycles. The average Bonchev–Trinajstić information content (AvgIpc) is 2.43. The van der Waals surface area contributed by atoms with Crippen LogP contribution in [0.25, 0.3) is 0 Å². The molecule has 0 aromatic rings. The first kappa shape index (κ1) is 17.8. The number of alkyl halides is 1. The zero-order chi connectivity index (χ0) is 14.4. The van der Waals surface area contributed by atoms with Crippen LogP contribution in [0.4, 0.5) is 0 Å². The summed E-state index contributed by atoms with van der Waals surface area (Å²) >= 11 is 2.70. The molecule has 0 nitrogen and oxygen atoms in total. The highest BCUT2D eigenvalue weighted by Gasteiger charge is 2.45. The van der Waals surface area contributed by atoms with Crippen molar-refractivity contribution >= 4 is 22.6 Å². The van der Waals surface area contributed by atoms with Crippen molar-refractivity contribution in [3.05, 3.63) is 0 Å². The zero-order valence-electron chi connectivity index (χ0n) is 13.8. The largest absolute Gasteiger partial charge is 0.0820 e. The minimum Gasteiger partial charge on any atom is -0.0820 e. The Morgan fingerprint density at radius 3 is 2.05 bits per heavy atom. The molecule has 114 valence electrons. The monoisotopic (exact) mass is 378 g/mol. The topological polar surface area (TPSA) is 0 Å². The molecular formula is C18H35I. The van der Waals surface area contributed by atoms with Crippen molar-refractivity contribution in [3.8, 4) is 0 Å². The first-order valence-corrected chi connectivity index (χ1v) is 9.97. The summed E-state index contributed by atoms with van der Waals surface area (Å²) in [7, 11) is 0. The summed E-state index contributed by atoms with van der Waals surface area (Å²) in [5.74, 6) is 4.98. The summed E-state index contributed by atoms with van der Waals surface area (Å²) in [5, 5.41) is 0. The normalized spacial score (nSPS) is 32.4. The Morgan fingerprint density at radius 2 is 1.58 bits per heavy atom. The van der Waals surface area contributed by atoms with E-state index in [-0.39, 0.29) is 0 Å². The zero-order valence-corrected chi connectivity index (χ0v) is 15.9. The molecule has 1 aliphatic rings. The third-order valence-corrected chi connectivity index (χ3v) is 7.79. The fourth-order valence-electron chi connectivity index (χ4n) is 4.24. The van der Waals surface area contributed by atoms with E-state index < -0.39 is 0 Å². The van der Waals surface area contributed by atoms with Crippen LogP contribution in [0.5, 0.6) is 0 Å². The van der Waals surface area contributed by atoms with Gasteiger partial charge in [0, 0.05) is 3.92 Å². The van der Waals surface area contributed by atoms with Gasteiger partial charge >= 0.3 is 0 Å². The van der Waals surface area contributed by atoms with Gasteiger partial charge in [0.05, 0.1) is 0 Å². The van der Waals surface area contributed by atoms with E-state index in [2.05, 4.69) is 57.2 Å². The van der Waals surface area contributed by atoms with Crippen molar-refractivity contribution in [1.82, 2.24) is 0 Å². The van der Waals surface area contributed by atoms with Crippen molar-refractivity contribution in [1.29, 1.82) is 0 Å². The first-order valence-electron chi connectivity index (χ1n) is 8.72. The maximum absolute atomic E-state index is 2.70. The van der Waals surface area contributed by atoms with Crippen molar-refractivity contribution in [2.45, 2.75) is 83.5 Å². The van der Waals surface area contributed by atoms with E-state index in [0.29, 0.717) is 0 Å². The standard InChI is InChI=1S/C18H35I/c1-6-10-15(11-14(7-2)8-3)12-17-13(5)18(19)16(17)9-4/h13-18H,6-12H2,1-5H3. The summed E-state index contributed by atoms with van der Waals surface area (Å²) < 4.78 is 0.947. The highest BCUT2D eigenvalue weighted by atomic mass is 127. The van der Waals surface area contributed by atoms with Gasteiger partial charge in [-0.25, -0.2) is 0 Å². The van der Waals surface area contributed by atoms with Crippen LogP contribution in [0.2, 0.25) is 0 Å². The molecule has 0 heterocycles. The lowest BCUT2D eigenvalue weighted by Gasteiger charge is -2.49. The molecule has 5 unspecified atom stereocenters. The Kier molecular flexibility index (Phi) is 8.32. The van der Waals surface area contributed by atoms with Crippen molar-refractivity contribution < 1.29 is 0 Å². The Bertz CT molecular complexity index is 234. The summed E-state index contributed by atoms with van der Waals surface area (Å²) in [6, 6.07) is 0. The molecule has 1 fully saturated rings. The molecule has 0 aromatic heterocycles. The van der Waals surface area contributed by atoms with Crippen LogP contribution >= 0.6 is 22.6 Å². The second-order valence-corrected chi connectivity index (χ2v) is 8.29. The van der Waals surface area contributed by atoms with E-state index in [0.717, 1.165) is 33.5 Å². The molecule has 1 heteroatoms. The third kappa shape index (κ3) is 4.61. The van der Waals surface area contributed by atoms with Crippen LogP contribution in [-0.2, 0) is 0 Å². The summed E-state index contributed by atoms with van der Waals surface area (Å²) in [5.41, 5.74) is 0. The summed E-state index contributed by atoms with van der Waals surface area (Å²) in [4.78, 5) is 0. The second-order valence-electron chi connectivity index (χ2n) is 6.85. The predicted octanol–water partition coefficient (Wildman–Crippen LogP) is 6.71. The molecule has 19 heavy (non-hydrogen) atoms. The Labute approximate surface area is 135 Å². The van der Waals surface area contributed by atoms with E-state index in [1.807, 2.05) is 0 Å². The van der Waals surface area contributed by atoms with E-state index in [1.165, 1.54) is 44.9 Å². The average molecular weight is 378 g/mol. The van der Waals surface area contributed by atoms with Crippen LogP contribution < -0.4 is 0 Å². The fourth-order valence-corrected chi connectivity index (χ4v) is 5.82. The lowest BCUT2D eigenvalue weighted by molar-refractivity contribution is 0.0700. The molecule has 0 aliphatic heterocycles. The second kappa shape index (κ2) is 8.89. The molecule has 1 rings (SSSR count). The van der Waals surface area contributed by atoms with Gasteiger partial charge in [-0.1, -0.05) is 89.3 Å². The minimum atomic E-state index is 0.947. The summed E-state index contributed by atoms with van der Waals surface area (Å²) in [6.07, 6.45) is 9.99. The quantitative estimate of drug-likeness (QED) is 0.309. The highest BCUT2D eigenvalue weighted by molar-refractivity contribution is 14.1. The van der Waals surface area contributed by atoms with Gasteiger partial charge in [-0.3, -0.25) is 0 Å². The number of hydrogen-bond donors (Lipinski definition) is 0. The maximum Gasteiger partial charge on any atom is 0.0169 e. The van der Waals surface area contributed by atoms with Crippen LogP contribution in [0.1, 0.15) is 79.6 Å². The van der Waals surface area contributed by atoms with Gasteiger partial charge in [-0.05, 0) is 42.4 Å².